The molecule has 2 aromatic heterocycles. The molecule has 7 heteroatoms. The lowest BCUT2D eigenvalue weighted by molar-refractivity contribution is 0.100. The van der Waals surface area contributed by atoms with Crippen LogP contribution in [0.3, 0.4) is 0 Å². The second-order valence-corrected chi connectivity index (χ2v) is 6.71. The van der Waals surface area contributed by atoms with E-state index in [1.54, 1.807) is 36.7 Å². The van der Waals surface area contributed by atoms with E-state index in [9.17, 15) is 4.79 Å². The molecule has 0 aliphatic carbocycles. The van der Waals surface area contributed by atoms with Gasteiger partial charge in [0, 0.05) is 30.1 Å². The van der Waals surface area contributed by atoms with Crippen LogP contribution in [0.15, 0.2) is 67.1 Å². The molecule has 0 unspecified atom stereocenters. The van der Waals surface area contributed by atoms with Gasteiger partial charge in [-0.25, -0.2) is 4.98 Å². The summed E-state index contributed by atoms with van der Waals surface area (Å²) >= 11 is 0. The van der Waals surface area contributed by atoms with Crippen LogP contribution in [0, 0.1) is 11.3 Å². The Bertz CT molecular complexity index is 1220. The monoisotopic (exact) mass is 382 g/mol. The molecule has 2 heterocycles. The maximum Gasteiger partial charge on any atom is 0.248 e. The Hall–Kier alpha value is -4.18. The number of nitrogens with zero attached hydrogens (tertiary/aromatic N) is 5. The molecule has 142 valence electrons. The molecule has 0 aliphatic rings. The van der Waals surface area contributed by atoms with Gasteiger partial charge in [-0.05, 0) is 36.4 Å². The highest BCUT2D eigenvalue weighted by Crippen LogP contribution is 2.22. The summed E-state index contributed by atoms with van der Waals surface area (Å²) in [6, 6.07) is 16.7. The number of aromatic nitrogens is 3. The van der Waals surface area contributed by atoms with Gasteiger partial charge in [-0.2, -0.15) is 5.26 Å². The number of fused-ring (bicyclic) bond motifs is 1. The minimum Gasteiger partial charge on any atom is -0.369 e. The van der Waals surface area contributed by atoms with Crippen molar-refractivity contribution < 1.29 is 4.79 Å². The van der Waals surface area contributed by atoms with Gasteiger partial charge in [-0.3, -0.25) is 14.2 Å². The van der Waals surface area contributed by atoms with Gasteiger partial charge in [0.2, 0.25) is 5.91 Å². The number of carbonyl (C=O) groups is 1. The van der Waals surface area contributed by atoms with Gasteiger partial charge in [-0.15, -0.1) is 0 Å². The molecule has 4 aromatic rings. The van der Waals surface area contributed by atoms with Crippen LogP contribution in [0.25, 0.3) is 16.9 Å². The van der Waals surface area contributed by atoms with Gasteiger partial charge in [0.1, 0.15) is 0 Å². The largest absolute Gasteiger partial charge is 0.369 e. The molecule has 0 fully saturated rings. The first-order valence-electron chi connectivity index (χ1n) is 8.98. The van der Waals surface area contributed by atoms with Crippen LogP contribution in [0.2, 0.25) is 0 Å². The van der Waals surface area contributed by atoms with E-state index in [0.29, 0.717) is 17.7 Å². The van der Waals surface area contributed by atoms with Gasteiger partial charge < -0.3 is 10.6 Å². The van der Waals surface area contributed by atoms with Crippen molar-refractivity contribution in [3.63, 3.8) is 0 Å². The Balaban J connectivity index is 1.62. The second kappa shape index (κ2) is 7.44. The number of anilines is 1. The molecular formula is C22H18N6O. The van der Waals surface area contributed by atoms with Crippen molar-refractivity contribution in [3.05, 3.63) is 83.9 Å². The molecule has 7 nitrogen and oxygen atoms in total. The van der Waals surface area contributed by atoms with E-state index in [0.717, 1.165) is 28.3 Å². The topological polar surface area (TPSA) is 100 Å². The van der Waals surface area contributed by atoms with E-state index in [-0.39, 0.29) is 0 Å². The van der Waals surface area contributed by atoms with Crippen molar-refractivity contribution >= 4 is 17.2 Å². The predicted molar refractivity (Wildman–Crippen MR) is 110 cm³/mol. The van der Waals surface area contributed by atoms with Gasteiger partial charge in [0.15, 0.2) is 5.65 Å². The summed E-state index contributed by atoms with van der Waals surface area (Å²) in [5.41, 5.74) is 10.9. The van der Waals surface area contributed by atoms with Gasteiger partial charge in [0.25, 0.3) is 0 Å². The molecule has 0 bridgehead atoms. The van der Waals surface area contributed by atoms with Gasteiger partial charge >= 0.3 is 0 Å². The van der Waals surface area contributed by atoms with Crippen molar-refractivity contribution in [2.75, 3.05) is 11.9 Å². The molecule has 0 atom stereocenters. The Labute approximate surface area is 167 Å². The quantitative estimate of drug-likeness (QED) is 0.572. The Kier molecular flexibility index (Phi) is 4.67. The van der Waals surface area contributed by atoms with Crippen LogP contribution in [-0.2, 0) is 6.54 Å². The van der Waals surface area contributed by atoms with E-state index in [1.807, 2.05) is 41.9 Å². The lowest BCUT2D eigenvalue weighted by Crippen LogP contribution is -2.17. The summed E-state index contributed by atoms with van der Waals surface area (Å²) in [5.74, 6) is -0.452. The Morgan fingerprint density at radius 2 is 1.83 bits per heavy atom. The highest BCUT2D eigenvalue weighted by molar-refractivity contribution is 5.93. The minimum absolute atomic E-state index is 0.452. The number of hydrogen-bond donors (Lipinski definition) is 1. The zero-order valence-electron chi connectivity index (χ0n) is 15.8. The van der Waals surface area contributed by atoms with Crippen molar-refractivity contribution in [1.29, 1.82) is 5.26 Å². The van der Waals surface area contributed by atoms with Crippen LogP contribution < -0.4 is 10.6 Å². The highest BCUT2D eigenvalue weighted by atomic mass is 16.1. The molecule has 2 N–H and O–H groups in total. The summed E-state index contributed by atoms with van der Waals surface area (Å²) in [7, 11) is 1.98. The van der Waals surface area contributed by atoms with Crippen molar-refractivity contribution in [1.82, 2.24) is 14.4 Å². The predicted octanol–water partition coefficient (Wildman–Crippen LogP) is 3.00. The number of imidazole rings is 1. The third-order valence-electron chi connectivity index (χ3n) is 4.75. The van der Waals surface area contributed by atoms with Crippen LogP contribution in [0.4, 0.5) is 5.69 Å². The minimum atomic E-state index is -0.452. The van der Waals surface area contributed by atoms with E-state index >= 15 is 0 Å². The fourth-order valence-electron chi connectivity index (χ4n) is 3.15. The molecule has 4 rings (SSSR count). The third-order valence-corrected chi connectivity index (χ3v) is 4.75. The van der Waals surface area contributed by atoms with E-state index in [4.69, 9.17) is 11.0 Å². The van der Waals surface area contributed by atoms with Crippen LogP contribution >= 0.6 is 0 Å². The van der Waals surface area contributed by atoms with Crippen molar-refractivity contribution in [3.8, 4) is 17.3 Å². The number of amides is 1. The average molecular weight is 382 g/mol. The highest BCUT2D eigenvalue weighted by Gasteiger charge is 2.10. The van der Waals surface area contributed by atoms with E-state index < -0.39 is 5.91 Å². The summed E-state index contributed by atoms with van der Waals surface area (Å²) < 4.78 is 1.98. The summed E-state index contributed by atoms with van der Waals surface area (Å²) in [5, 5.41) is 8.94. The first-order valence-corrected chi connectivity index (χ1v) is 8.98. The summed E-state index contributed by atoms with van der Waals surface area (Å²) in [6.45, 7) is 0.597. The summed E-state index contributed by atoms with van der Waals surface area (Å²) in [4.78, 5) is 22.3. The van der Waals surface area contributed by atoms with Crippen LogP contribution in [-0.4, -0.2) is 27.3 Å². The van der Waals surface area contributed by atoms with E-state index in [1.165, 1.54) is 0 Å². The average Bonchev–Trinajstić information content (AvgIpc) is 3.17. The SMILES string of the molecule is CN(Cc1cn2c(-c3ccc(C(N)=O)cc3)cnc2cn1)c1ccc(C#N)cc1. The fourth-order valence-corrected chi connectivity index (χ4v) is 3.15. The zero-order chi connectivity index (χ0) is 20.4. The maximum atomic E-state index is 11.3. The molecule has 0 aliphatic heterocycles. The Morgan fingerprint density at radius 1 is 1.10 bits per heavy atom. The lowest BCUT2D eigenvalue weighted by Gasteiger charge is -2.19. The zero-order valence-corrected chi connectivity index (χ0v) is 15.8. The maximum absolute atomic E-state index is 11.3. The number of rotatable bonds is 5. The van der Waals surface area contributed by atoms with Crippen LogP contribution in [0.5, 0.6) is 0 Å². The molecule has 0 spiro atoms. The normalized spacial score (nSPS) is 10.6. The molecule has 0 saturated carbocycles. The molecule has 1 amide bonds. The summed E-state index contributed by atoms with van der Waals surface area (Å²) in [6.07, 6.45) is 5.48. The molecule has 2 aromatic carbocycles. The first kappa shape index (κ1) is 18.2. The molecule has 0 radical (unpaired) electrons. The fraction of sp³-hybridized carbons (Fsp3) is 0.0909. The smallest absolute Gasteiger partial charge is 0.248 e. The molecule has 0 saturated heterocycles. The van der Waals surface area contributed by atoms with Gasteiger partial charge in [-0.1, -0.05) is 12.1 Å². The first-order chi connectivity index (χ1) is 14.0. The number of hydrogen-bond acceptors (Lipinski definition) is 5. The number of nitrogens with two attached hydrogens (primary N) is 1. The Morgan fingerprint density at radius 3 is 2.48 bits per heavy atom. The van der Waals surface area contributed by atoms with Gasteiger partial charge in [0.05, 0.1) is 42.0 Å². The number of carbonyl (C=O) groups excluding carboxylic acids is 1. The number of primary amides is 1. The van der Waals surface area contributed by atoms with E-state index in [2.05, 4.69) is 20.9 Å². The molecular weight excluding hydrogens is 364 g/mol. The third kappa shape index (κ3) is 3.64. The molecule has 29 heavy (non-hydrogen) atoms. The standard InChI is InChI=1S/C22H18N6O/c1-27(19-8-2-15(10-23)3-9-19)13-18-14-28-20(11-26-21(28)12-25-18)16-4-6-17(7-5-16)22(24)29/h2-9,11-12,14H,13H2,1H3,(H2,24,29). The lowest BCUT2D eigenvalue weighted by atomic mass is 10.1. The number of nitriles is 1. The van der Waals surface area contributed by atoms with Crippen molar-refractivity contribution in [2.24, 2.45) is 5.73 Å². The second-order valence-electron chi connectivity index (χ2n) is 6.71. The van der Waals surface area contributed by atoms with Crippen LogP contribution in [0.1, 0.15) is 21.6 Å². The number of benzene rings is 2. The van der Waals surface area contributed by atoms with Crippen molar-refractivity contribution in [2.45, 2.75) is 6.54 Å².